The molecule has 1 aromatic heterocycles. The fourth-order valence-corrected chi connectivity index (χ4v) is 2.65. The lowest BCUT2D eigenvalue weighted by atomic mass is 10.2. The average Bonchev–Trinajstić information content (AvgIpc) is 2.68. The second kappa shape index (κ2) is 8.12. The fourth-order valence-electron chi connectivity index (χ4n) is 2.65. The highest BCUT2D eigenvalue weighted by Crippen LogP contribution is 2.21. The van der Waals surface area contributed by atoms with Crippen molar-refractivity contribution in [2.24, 2.45) is 0 Å². The third-order valence-electron chi connectivity index (χ3n) is 3.92. The van der Waals surface area contributed by atoms with E-state index < -0.39 is 11.7 Å². The molecule has 2 aromatic carbocycles. The van der Waals surface area contributed by atoms with Crippen molar-refractivity contribution in [3.8, 4) is 6.07 Å². The van der Waals surface area contributed by atoms with Crippen molar-refractivity contribution in [2.45, 2.75) is 6.54 Å². The molecule has 0 aliphatic heterocycles. The zero-order valence-corrected chi connectivity index (χ0v) is 14.6. The number of methoxy groups -OCH3 is 1. The molecule has 2 amide bonds. The number of aromatic nitrogens is 2. The van der Waals surface area contributed by atoms with Gasteiger partial charge in [0.05, 0.1) is 29.9 Å². The predicted molar refractivity (Wildman–Crippen MR) is 102 cm³/mol. The minimum absolute atomic E-state index is 0.234. The quantitative estimate of drug-likeness (QED) is 0.724. The molecule has 0 aliphatic rings. The molecule has 0 radical (unpaired) electrons. The van der Waals surface area contributed by atoms with E-state index in [1.54, 1.807) is 48.5 Å². The fraction of sp³-hybridized carbons (Fsp3) is 0.158. The Morgan fingerprint density at radius 3 is 2.70 bits per heavy atom. The zero-order valence-electron chi connectivity index (χ0n) is 14.6. The summed E-state index contributed by atoms with van der Waals surface area (Å²) in [6.07, 6.45) is 0. The third kappa shape index (κ3) is 3.94. The highest BCUT2D eigenvalue weighted by Gasteiger charge is 2.14. The minimum Gasteiger partial charge on any atom is -0.383 e. The molecule has 0 bridgehead atoms. The van der Waals surface area contributed by atoms with E-state index in [1.165, 1.54) is 11.7 Å². The zero-order chi connectivity index (χ0) is 19.2. The maximum absolute atomic E-state index is 12.5. The van der Waals surface area contributed by atoms with Gasteiger partial charge in [0.1, 0.15) is 11.9 Å². The smallest absolute Gasteiger partial charge is 0.349 e. The summed E-state index contributed by atoms with van der Waals surface area (Å²) in [5.74, 6) is 0.314. The lowest BCUT2D eigenvalue weighted by Gasteiger charge is -2.16. The summed E-state index contributed by atoms with van der Waals surface area (Å²) in [6, 6.07) is 15.1. The molecule has 0 spiro atoms. The topological polar surface area (TPSA) is 109 Å². The van der Waals surface area contributed by atoms with Gasteiger partial charge < -0.3 is 10.1 Å². The molecular weight excluding hydrogens is 346 g/mol. The number of ether oxygens (including phenoxy) is 1. The number of hydrogen-bond acceptors (Lipinski definition) is 5. The highest BCUT2D eigenvalue weighted by atomic mass is 16.5. The monoisotopic (exact) mass is 363 g/mol. The van der Waals surface area contributed by atoms with Gasteiger partial charge in [-0.1, -0.05) is 24.3 Å². The van der Waals surface area contributed by atoms with E-state index in [9.17, 15) is 9.59 Å². The molecule has 8 nitrogen and oxygen atoms in total. The van der Waals surface area contributed by atoms with E-state index >= 15 is 0 Å². The molecule has 0 atom stereocenters. The predicted octanol–water partition coefficient (Wildman–Crippen LogP) is 2.56. The van der Waals surface area contributed by atoms with Crippen LogP contribution in [-0.4, -0.2) is 29.3 Å². The van der Waals surface area contributed by atoms with Gasteiger partial charge in [-0.3, -0.25) is 9.88 Å². The van der Waals surface area contributed by atoms with Crippen molar-refractivity contribution >= 4 is 28.4 Å². The first-order chi connectivity index (χ1) is 13.1. The van der Waals surface area contributed by atoms with Crippen LogP contribution < -0.4 is 16.3 Å². The Kier molecular flexibility index (Phi) is 5.44. The lowest BCUT2D eigenvalue weighted by Crippen LogP contribution is -2.31. The Morgan fingerprint density at radius 1 is 1.19 bits per heavy atom. The van der Waals surface area contributed by atoms with E-state index in [2.05, 4.69) is 15.6 Å². The normalized spacial score (nSPS) is 10.4. The molecule has 3 rings (SSSR count). The molecule has 0 aliphatic carbocycles. The summed E-state index contributed by atoms with van der Waals surface area (Å²) in [5, 5.41) is 15.1. The second-order valence-electron chi connectivity index (χ2n) is 5.64. The molecule has 0 fully saturated rings. The number of nitriles is 1. The summed E-state index contributed by atoms with van der Waals surface area (Å²) >= 11 is 0. The maximum atomic E-state index is 12.5. The number of nitrogens with zero attached hydrogens (tertiary/aromatic N) is 3. The molecule has 27 heavy (non-hydrogen) atoms. The van der Waals surface area contributed by atoms with Gasteiger partial charge in [-0.15, -0.1) is 0 Å². The molecule has 136 valence electrons. The summed E-state index contributed by atoms with van der Waals surface area (Å²) in [4.78, 5) is 29.0. The van der Waals surface area contributed by atoms with Gasteiger partial charge in [0.25, 0.3) is 0 Å². The Hall–Kier alpha value is -3.70. The van der Waals surface area contributed by atoms with Crippen molar-refractivity contribution in [3.63, 3.8) is 0 Å². The largest absolute Gasteiger partial charge is 0.383 e. The molecule has 8 heteroatoms. The van der Waals surface area contributed by atoms with Crippen LogP contribution >= 0.6 is 0 Å². The number of benzene rings is 2. The van der Waals surface area contributed by atoms with Crippen molar-refractivity contribution in [3.05, 3.63) is 64.6 Å². The van der Waals surface area contributed by atoms with Gasteiger partial charge in [0.2, 0.25) is 0 Å². The van der Waals surface area contributed by atoms with Crippen LogP contribution in [0.3, 0.4) is 0 Å². The number of urea groups is 1. The van der Waals surface area contributed by atoms with Gasteiger partial charge in [-0.2, -0.15) is 10.2 Å². The summed E-state index contributed by atoms with van der Waals surface area (Å²) in [6.45, 7) is 0.519. The van der Waals surface area contributed by atoms with Crippen molar-refractivity contribution in [2.75, 3.05) is 24.4 Å². The molecule has 0 saturated heterocycles. The molecular formula is C19H17N5O3. The first kappa shape index (κ1) is 18.1. The van der Waals surface area contributed by atoms with Gasteiger partial charge in [0.15, 0.2) is 0 Å². The van der Waals surface area contributed by atoms with Crippen LogP contribution in [0.25, 0.3) is 10.9 Å². The molecule has 0 saturated carbocycles. The van der Waals surface area contributed by atoms with Crippen molar-refractivity contribution < 1.29 is 9.53 Å². The summed E-state index contributed by atoms with van der Waals surface area (Å²) in [7, 11) is 1.53. The SMILES string of the molecule is COCCn1c(NC(=O)Nc2ccccc2C#N)c2ccccc2nc1=O. The Morgan fingerprint density at radius 2 is 1.93 bits per heavy atom. The number of amides is 2. The van der Waals surface area contributed by atoms with Crippen LogP contribution in [0.1, 0.15) is 5.56 Å². The van der Waals surface area contributed by atoms with E-state index in [0.717, 1.165) is 0 Å². The summed E-state index contributed by atoms with van der Waals surface area (Å²) < 4.78 is 6.40. The third-order valence-corrected chi connectivity index (χ3v) is 3.92. The van der Waals surface area contributed by atoms with Crippen LogP contribution in [0.2, 0.25) is 0 Å². The Balaban J connectivity index is 1.98. The van der Waals surface area contributed by atoms with Gasteiger partial charge >= 0.3 is 11.7 Å². The summed E-state index contributed by atoms with van der Waals surface area (Å²) in [5.41, 5.74) is 0.702. The number of para-hydroxylation sites is 2. The Labute approximate surface area is 155 Å². The average molecular weight is 363 g/mol. The number of fused-ring (bicyclic) bond motifs is 1. The van der Waals surface area contributed by atoms with E-state index in [1.807, 2.05) is 6.07 Å². The Bertz CT molecular complexity index is 1080. The number of nitrogens with one attached hydrogen (secondary N) is 2. The number of hydrogen-bond donors (Lipinski definition) is 2. The lowest BCUT2D eigenvalue weighted by molar-refractivity contribution is 0.186. The molecule has 3 aromatic rings. The van der Waals surface area contributed by atoms with Gasteiger partial charge in [-0.05, 0) is 24.3 Å². The van der Waals surface area contributed by atoms with E-state index in [4.69, 9.17) is 10.00 Å². The van der Waals surface area contributed by atoms with Gasteiger partial charge in [-0.25, -0.2) is 9.59 Å². The minimum atomic E-state index is -0.570. The van der Waals surface area contributed by atoms with Gasteiger partial charge in [0, 0.05) is 12.5 Å². The first-order valence-electron chi connectivity index (χ1n) is 8.19. The van der Waals surface area contributed by atoms with Crippen LogP contribution in [0.15, 0.2) is 53.3 Å². The van der Waals surface area contributed by atoms with Crippen molar-refractivity contribution in [1.82, 2.24) is 9.55 Å². The van der Waals surface area contributed by atoms with Crippen LogP contribution in [-0.2, 0) is 11.3 Å². The van der Waals surface area contributed by atoms with Crippen molar-refractivity contribution in [1.29, 1.82) is 5.26 Å². The first-order valence-corrected chi connectivity index (χ1v) is 8.19. The van der Waals surface area contributed by atoms with E-state index in [0.29, 0.717) is 28.0 Å². The standard InChI is InChI=1S/C19H17N5O3/c1-27-11-10-24-17(14-7-3-5-9-16(14)22-19(24)26)23-18(25)21-15-8-4-2-6-13(15)12-20/h2-9H,10-11H2,1H3,(H2,21,23,25). The molecule has 0 unspecified atom stereocenters. The maximum Gasteiger partial charge on any atom is 0.349 e. The van der Waals surface area contributed by atoms with Crippen LogP contribution in [0.5, 0.6) is 0 Å². The van der Waals surface area contributed by atoms with E-state index in [-0.39, 0.29) is 13.2 Å². The number of carbonyl (C=O) groups is 1. The number of carbonyl (C=O) groups excluding carboxylic acids is 1. The second-order valence-corrected chi connectivity index (χ2v) is 5.64. The molecule has 1 heterocycles. The van der Waals surface area contributed by atoms with Crippen LogP contribution in [0, 0.1) is 11.3 Å². The highest BCUT2D eigenvalue weighted by molar-refractivity contribution is 6.04. The van der Waals surface area contributed by atoms with Crippen LogP contribution in [0.4, 0.5) is 16.3 Å². The molecule has 2 N–H and O–H groups in total. The number of rotatable bonds is 5. The number of anilines is 2.